The molecular weight excluding hydrogens is 447 g/mol. The van der Waals surface area contributed by atoms with Gasteiger partial charge in [-0.15, -0.1) is 35.3 Å². The maximum absolute atomic E-state index is 10.2. The van der Waals surface area contributed by atoms with Crippen molar-refractivity contribution >= 4 is 52.9 Å². The van der Waals surface area contributed by atoms with Gasteiger partial charge in [-0.2, -0.15) is 0 Å². The van der Waals surface area contributed by atoms with Crippen molar-refractivity contribution in [1.82, 2.24) is 14.8 Å². The van der Waals surface area contributed by atoms with Crippen molar-refractivity contribution in [2.45, 2.75) is 12.6 Å². The number of rotatable bonds is 5. The number of nitrogens with one attached hydrogen (secondary N) is 1. The van der Waals surface area contributed by atoms with Crippen molar-refractivity contribution in [2.24, 2.45) is 12.0 Å². The topological polar surface area (TPSA) is 52.8 Å². The number of hydrogen-bond donors (Lipinski definition) is 2. The van der Waals surface area contributed by atoms with E-state index < -0.39 is 6.10 Å². The molecule has 2 rings (SSSR count). The Morgan fingerprint density at radius 3 is 2.74 bits per heavy atom. The molecule has 0 aliphatic heterocycles. The Morgan fingerprint density at radius 1 is 1.48 bits per heavy atom. The standard InChI is InChI=1S/C15H21ClN4OS.HI/c1-17-15(20(3)10-11-5-4-8-19(11)2)18-9-12(21)13-6-7-14(16)22-13;/h4-8,12,21H,9-10H2,1-3H3,(H,17,18);1H. The molecule has 23 heavy (non-hydrogen) atoms. The van der Waals surface area contributed by atoms with Crippen molar-refractivity contribution in [1.29, 1.82) is 0 Å². The normalized spacial score (nSPS) is 12.7. The van der Waals surface area contributed by atoms with Gasteiger partial charge in [-0.1, -0.05) is 11.6 Å². The maximum Gasteiger partial charge on any atom is 0.193 e. The number of aryl methyl sites for hydroxylation is 1. The predicted octanol–water partition coefficient (Wildman–Crippen LogP) is 3.10. The van der Waals surface area contributed by atoms with E-state index in [4.69, 9.17) is 11.6 Å². The number of guanidine groups is 1. The first kappa shape index (κ1) is 20.3. The van der Waals surface area contributed by atoms with Crippen molar-refractivity contribution in [3.05, 3.63) is 45.4 Å². The summed E-state index contributed by atoms with van der Waals surface area (Å²) in [6.45, 7) is 1.13. The minimum Gasteiger partial charge on any atom is -0.386 e. The zero-order valence-corrected chi connectivity index (χ0v) is 17.3. The molecule has 0 bridgehead atoms. The average Bonchev–Trinajstić information content (AvgIpc) is 3.09. The van der Waals surface area contributed by atoms with Crippen LogP contribution in [0.15, 0.2) is 35.5 Å². The molecule has 0 aliphatic carbocycles. The molecule has 2 N–H and O–H groups in total. The van der Waals surface area contributed by atoms with E-state index in [9.17, 15) is 5.11 Å². The zero-order chi connectivity index (χ0) is 16.1. The summed E-state index contributed by atoms with van der Waals surface area (Å²) in [7, 11) is 5.72. The lowest BCUT2D eigenvalue weighted by atomic mass is 10.3. The fourth-order valence-electron chi connectivity index (χ4n) is 2.16. The van der Waals surface area contributed by atoms with Crippen LogP contribution in [0.4, 0.5) is 0 Å². The Bertz CT molecular complexity index is 643. The molecule has 0 radical (unpaired) electrons. The molecular formula is C15H22ClIN4OS. The summed E-state index contributed by atoms with van der Waals surface area (Å²) in [4.78, 5) is 7.12. The lowest BCUT2D eigenvalue weighted by molar-refractivity contribution is 0.183. The van der Waals surface area contributed by atoms with Gasteiger partial charge in [0.2, 0.25) is 0 Å². The first-order chi connectivity index (χ1) is 10.5. The number of nitrogens with zero attached hydrogens (tertiary/aromatic N) is 3. The third kappa shape index (κ3) is 5.66. The smallest absolute Gasteiger partial charge is 0.193 e. The van der Waals surface area contributed by atoms with Crippen LogP contribution in [0.3, 0.4) is 0 Å². The summed E-state index contributed by atoms with van der Waals surface area (Å²) in [5, 5.41) is 13.4. The number of thiophene rings is 1. The number of halogens is 2. The second-order valence-corrected chi connectivity index (χ2v) is 6.80. The monoisotopic (exact) mass is 468 g/mol. The van der Waals surface area contributed by atoms with E-state index in [0.29, 0.717) is 10.9 Å². The van der Waals surface area contributed by atoms with E-state index in [1.807, 2.05) is 37.3 Å². The van der Waals surface area contributed by atoms with Gasteiger partial charge in [0.1, 0.15) is 6.10 Å². The molecule has 0 aliphatic rings. The number of hydrogen-bond acceptors (Lipinski definition) is 3. The van der Waals surface area contributed by atoms with E-state index in [2.05, 4.69) is 20.9 Å². The van der Waals surface area contributed by atoms with Gasteiger partial charge < -0.3 is 19.9 Å². The highest BCUT2D eigenvalue weighted by Crippen LogP contribution is 2.26. The third-order valence-electron chi connectivity index (χ3n) is 3.40. The summed E-state index contributed by atoms with van der Waals surface area (Å²) < 4.78 is 2.76. The highest BCUT2D eigenvalue weighted by molar-refractivity contribution is 14.0. The lowest BCUT2D eigenvalue weighted by Gasteiger charge is -2.23. The molecule has 128 valence electrons. The Morgan fingerprint density at radius 2 is 2.22 bits per heavy atom. The largest absolute Gasteiger partial charge is 0.386 e. The van der Waals surface area contributed by atoms with E-state index in [1.165, 1.54) is 17.0 Å². The highest BCUT2D eigenvalue weighted by Gasteiger charge is 2.13. The molecule has 0 saturated carbocycles. The molecule has 8 heteroatoms. The lowest BCUT2D eigenvalue weighted by Crippen LogP contribution is -2.40. The van der Waals surface area contributed by atoms with Gasteiger partial charge in [-0.25, -0.2) is 0 Å². The maximum atomic E-state index is 10.2. The summed E-state index contributed by atoms with van der Waals surface area (Å²) >= 11 is 7.28. The Kier molecular flexibility index (Phi) is 8.38. The first-order valence-electron chi connectivity index (χ1n) is 6.96. The third-order valence-corrected chi connectivity index (χ3v) is 4.73. The van der Waals surface area contributed by atoms with Crippen LogP contribution < -0.4 is 5.32 Å². The van der Waals surface area contributed by atoms with Gasteiger partial charge in [0.25, 0.3) is 0 Å². The quantitative estimate of drug-likeness (QED) is 0.403. The number of aliphatic hydroxyl groups is 1. The zero-order valence-electron chi connectivity index (χ0n) is 13.4. The van der Waals surface area contributed by atoms with Gasteiger partial charge in [0, 0.05) is 44.5 Å². The highest BCUT2D eigenvalue weighted by atomic mass is 127. The van der Waals surface area contributed by atoms with Crippen molar-refractivity contribution in [3.8, 4) is 0 Å². The SMILES string of the molecule is CN=C(NCC(O)c1ccc(Cl)s1)N(C)Cc1cccn1C.I. The van der Waals surface area contributed by atoms with Crippen LogP contribution in [0.25, 0.3) is 0 Å². The Labute approximate surface area is 163 Å². The van der Waals surface area contributed by atoms with Crippen LogP contribution in [0.5, 0.6) is 0 Å². The molecule has 1 unspecified atom stereocenters. The van der Waals surface area contributed by atoms with Gasteiger partial charge in [0.05, 0.1) is 10.9 Å². The molecule has 1 atom stereocenters. The Balaban J connectivity index is 0.00000264. The molecule has 0 aromatic carbocycles. The predicted molar refractivity (Wildman–Crippen MR) is 108 cm³/mol. The van der Waals surface area contributed by atoms with E-state index in [1.54, 1.807) is 13.1 Å². The average molecular weight is 469 g/mol. The summed E-state index contributed by atoms with van der Waals surface area (Å²) in [6, 6.07) is 7.73. The number of aliphatic hydroxyl groups excluding tert-OH is 1. The van der Waals surface area contributed by atoms with Crippen LogP contribution >= 0.6 is 46.9 Å². The molecule has 2 aromatic heterocycles. The van der Waals surface area contributed by atoms with E-state index >= 15 is 0 Å². The van der Waals surface area contributed by atoms with Crippen molar-refractivity contribution in [3.63, 3.8) is 0 Å². The molecule has 5 nitrogen and oxygen atoms in total. The fourth-order valence-corrected chi connectivity index (χ4v) is 3.21. The van der Waals surface area contributed by atoms with Crippen molar-refractivity contribution in [2.75, 3.05) is 20.6 Å². The molecule has 0 spiro atoms. The van der Waals surface area contributed by atoms with Crippen LogP contribution in [-0.2, 0) is 13.6 Å². The summed E-state index contributed by atoms with van der Waals surface area (Å²) in [5.41, 5.74) is 1.19. The number of aromatic nitrogens is 1. The molecule has 2 heterocycles. The molecule has 0 fully saturated rings. The van der Waals surface area contributed by atoms with E-state index in [0.717, 1.165) is 17.4 Å². The minimum atomic E-state index is -0.599. The minimum absolute atomic E-state index is 0. The van der Waals surface area contributed by atoms with Crippen LogP contribution in [0.2, 0.25) is 4.34 Å². The van der Waals surface area contributed by atoms with Crippen molar-refractivity contribution < 1.29 is 5.11 Å². The van der Waals surface area contributed by atoms with Gasteiger partial charge in [0.15, 0.2) is 5.96 Å². The first-order valence-corrected chi connectivity index (χ1v) is 8.16. The van der Waals surface area contributed by atoms with Gasteiger partial charge in [-0.3, -0.25) is 4.99 Å². The second-order valence-electron chi connectivity index (χ2n) is 5.05. The molecule has 0 saturated heterocycles. The molecule has 2 aromatic rings. The fraction of sp³-hybridized carbons (Fsp3) is 0.400. The van der Waals surface area contributed by atoms with Crippen LogP contribution in [0.1, 0.15) is 16.7 Å². The van der Waals surface area contributed by atoms with Gasteiger partial charge in [-0.05, 0) is 24.3 Å². The summed E-state index contributed by atoms with van der Waals surface area (Å²) in [6.07, 6.45) is 1.42. The summed E-state index contributed by atoms with van der Waals surface area (Å²) in [5.74, 6) is 0.739. The van der Waals surface area contributed by atoms with Crippen LogP contribution in [0, 0.1) is 0 Å². The van der Waals surface area contributed by atoms with Crippen LogP contribution in [-0.4, -0.2) is 41.2 Å². The van der Waals surface area contributed by atoms with E-state index in [-0.39, 0.29) is 24.0 Å². The number of aliphatic imine (C=N–C) groups is 1. The second kappa shape index (κ2) is 9.51. The Hall–Kier alpha value is -0.770. The molecule has 0 amide bonds. The van der Waals surface area contributed by atoms with Gasteiger partial charge >= 0.3 is 0 Å².